The molecule has 19 heavy (non-hydrogen) atoms. The third-order valence-electron chi connectivity index (χ3n) is 3.68. The van der Waals surface area contributed by atoms with Crippen LogP contribution in [0.3, 0.4) is 0 Å². The summed E-state index contributed by atoms with van der Waals surface area (Å²) in [5, 5.41) is 22.1. The molecule has 1 unspecified atom stereocenters. The SMILES string of the molecule is COc1cc2c(cc1OC)C(C(CO)CO)NCC2. The van der Waals surface area contributed by atoms with Crippen LogP contribution in [0, 0.1) is 5.92 Å². The molecule has 1 atom stereocenters. The Morgan fingerprint density at radius 1 is 1.21 bits per heavy atom. The molecule has 1 aliphatic rings. The van der Waals surface area contributed by atoms with Crippen molar-refractivity contribution in [3.8, 4) is 11.5 Å². The molecule has 3 N–H and O–H groups in total. The Kier molecular flexibility index (Phi) is 4.63. The number of aliphatic hydroxyl groups excluding tert-OH is 2. The van der Waals surface area contributed by atoms with E-state index in [1.54, 1.807) is 14.2 Å². The summed E-state index contributed by atoms with van der Waals surface area (Å²) >= 11 is 0. The molecule has 5 heteroatoms. The summed E-state index contributed by atoms with van der Waals surface area (Å²) in [5.41, 5.74) is 2.24. The van der Waals surface area contributed by atoms with E-state index in [0.29, 0.717) is 11.5 Å². The molecule has 0 spiro atoms. The fourth-order valence-corrected chi connectivity index (χ4v) is 2.60. The van der Waals surface area contributed by atoms with Crippen molar-refractivity contribution < 1.29 is 19.7 Å². The van der Waals surface area contributed by atoms with Crippen molar-refractivity contribution in [2.75, 3.05) is 34.0 Å². The zero-order valence-electron chi connectivity index (χ0n) is 11.3. The van der Waals surface area contributed by atoms with E-state index in [9.17, 15) is 10.2 Å². The van der Waals surface area contributed by atoms with E-state index in [4.69, 9.17) is 9.47 Å². The Bertz CT molecular complexity index is 432. The molecule has 1 aliphatic heterocycles. The molecule has 1 aromatic carbocycles. The fraction of sp³-hybridized carbons (Fsp3) is 0.571. The van der Waals surface area contributed by atoms with Crippen LogP contribution >= 0.6 is 0 Å². The zero-order chi connectivity index (χ0) is 13.8. The molecule has 0 saturated heterocycles. The maximum atomic E-state index is 9.38. The summed E-state index contributed by atoms with van der Waals surface area (Å²) in [4.78, 5) is 0. The minimum absolute atomic E-state index is 0.0536. The molecule has 0 aromatic heterocycles. The van der Waals surface area contributed by atoms with Crippen molar-refractivity contribution >= 4 is 0 Å². The number of benzene rings is 1. The van der Waals surface area contributed by atoms with E-state index in [1.807, 2.05) is 12.1 Å². The normalized spacial score (nSPS) is 18.3. The van der Waals surface area contributed by atoms with Crippen molar-refractivity contribution in [1.29, 1.82) is 0 Å². The maximum absolute atomic E-state index is 9.38. The zero-order valence-corrected chi connectivity index (χ0v) is 11.3. The van der Waals surface area contributed by atoms with Gasteiger partial charge >= 0.3 is 0 Å². The van der Waals surface area contributed by atoms with E-state index < -0.39 is 0 Å². The first-order valence-corrected chi connectivity index (χ1v) is 6.45. The summed E-state index contributed by atoms with van der Waals surface area (Å²) in [7, 11) is 3.22. The smallest absolute Gasteiger partial charge is 0.161 e. The van der Waals surface area contributed by atoms with E-state index >= 15 is 0 Å². The minimum Gasteiger partial charge on any atom is -0.493 e. The van der Waals surface area contributed by atoms with Gasteiger partial charge in [0, 0.05) is 25.2 Å². The van der Waals surface area contributed by atoms with Crippen LogP contribution in [0.15, 0.2) is 12.1 Å². The standard InChI is InChI=1S/C14H21NO4/c1-18-12-5-9-3-4-15-14(10(7-16)8-17)11(9)6-13(12)19-2/h5-6,10,14-17H,3-4,7-8H2,1-2H3. The first-order valence-electron chi connectivity index (χ1n) is 6.45. The Balaban J connectivity index is 2.42. The molecule has 1 heterocycles. The molecule has 0 fully saturated rings. The van der Waals surface area contributed by atoms with Crippen molar-refractivity contribution in [2.45, 2.75) is 12.5 Å². The third-order valence-corrected chi connectivity index (χ3v) is 3.68. The van der Waals surface area contributed by atoms with E-state index in [-0.39, 0.29) is 25.2 Å². The van der Waals surface area contributed by atoms with Crippen LogP contribution in [-0.4, -0.2) is 44.2 Å². The molecule has 1 aromatic rings. The first-order chi connectivity index (χ1) is 9.24. The summed E-state index contributed by atoms with van der Waals surface area (Å²) < 4.78 is 10.6. The molecule has 0 saturated carbocycles. The molecule has 0 aliphatic carbocycles. The highest BCUT2D eigenvalue weighted by atomic mass is 16.5. The van der Waals surface area contributed by atoms with Crippen molar-refractivity contribution in [3.63, 3.8) is 0 Å². The average Bonchev–Trinajstić information content (AvgIpc) is 2.47. The quantitative estimate of drug-likeness (QED) is 0.724. The lowest BCUT2D eigenvalue weighted by atomic mass is 9.86. The number of nitrogens with one attached hydrogen (secondary N) is 1. The number of ether oxygens (including phenoxy) is 2. The maximum Gasteiger partial charge on any atom is 0.161 e. The van der Waals surface area contributed by atoms with E-state index in [2.05, 4.69) is 5.32 Å². The topological polar surface area (TPSA) is 71.0 Å². The van der Waals surface area contributed by atoms with Gasteiger partial charge in [0.1, 0.15) is 0 Å². The second-order valence-electron chi connectivity index (χ2n) is 4.71. The molecule has 2 rings (SSSR count). The molecular weight excluding hydrogens is 246 g/mol. The van der Waals surface area contributed by atoms with Gasteiger partial charge in [-0.1, -0.05) is 0 Å². The number of fused-ring (bicyclic) bond motifs is 1. The van der Waals surface area contributed by atoms with Crippen LogP contribution < -0.4 is 14.8 Å². The van der Waals surface area contributed by atoms with E-state index in [1.165, 1.54) is 5.56 Å². The number of methoxy groups -OCH3 is 2. The number of hydrogen-bond acceptors (Lipinski definition) is 5. The van der Waals surface area contributed by atoms with E-state index in [0.717, 1.165) is 18.5 Å². The van der Waals surface area contributed by atoms with Gasteiger partial charge in [-0.15, -0.1) is 0 Å². The Morgan fingerprint density at radius 3 is 2.42 bits per heavy atom. The second kappa shape index (κ2) is 6.23. The van der Waals surface area contributed by atoms with Crippen LogP contribution in [-0.2, 0) is 6.42 Å². The van der Waals surface area contributed by atoms with Crippen molar-refractivity contribution in [2.24, 2.45) is 5.92 Å². The molecule has 0 amide bonds. The lowest BCUT2D eigenvalue weighted by Gasteiger charge is -2.32. The Labute approximate surface area is 113 Å². The largest absolute Gasteiger partial charge is 0.493 e. The van der Waals surface area contributed by atoms with Gasteiger partial charge in [-0.05, 0) is 36.2 Å². The van der Waals surface area contributed by atoms with Gasteiger partial charge in [-0.3, -0.25) is 0 Å². The second-order valence-corrected chi connectivity index (χ2v) is 4.71. The Morgan fingerprint density at radius 2 is 1.84 bits per heavy atom. The predicted molar refractivity (Wildman–Crippen MR) is 71.7 cm³/mol. The summed E-state index contributed by atoms with van der Waals surface area (Å²) in [5.74, 6) is 1.17. The summed E-state index contributed by atoms with van der Waals surface area (Å²) in [6.45, 7) is 0.716. The van der Waals surface area contributed by atoms with Crippen LogP contribution in [0.1, 0.15) is 17.2 Å². The van der Waals surface area contributed by atoms with Crippen LogP contribution in [0.2, 0.25) is 0 Å². The summed E-state index contributed by atoms with van der Waals surface area (Å²) in [6.07, 6.45) is 0.899. The fourth-order valence-electron chi connectivity index (χ4n) is 2.60. The van der Waals surface area contributed by atoms with Crippen LogP contribution in [0.4, 0.5) is 0 Å². The molecule has 5 nitrogen and oxygen atoms in total. The highest BCUT2D eigenvalue weighted by Gasteiger charge is 2.28. The number of rotatable bonds is 5. The van der Waals surface area contributed by atoms with Gasteiger partial charge in [0.25, 0.3) is 0 Å². The van der Waals surface area contributed by atoms with Crippen molar-refractivity contribution in [3.05, 3.63) is 23.3 Å². The monoisotopic (exact) mass is 267 g/mol. The Hall–Kier alpha value is -1.30. The number of aliphatic hydroxyl groups is 2. The highest BCUT2D eigenvalue weighted by Crippen LogP contribution is 2.37. The minimum atomic E-state index is -0.211. The van der Waals surface area contributed by atoms with Gasteiger partial charge in [0.2, 0.25) is 0 Å². The van der Waals surface area contributed by atoms with Gasteiger partial charge < -0.3 is 25.0 Å². The highest BCUT2D eigenvalue weighted by molar-refractivity contribution is 5.49. The van der Waals surface area contributed by atoms with Crippen LogP contribution in [0.5, 0.6) is 11.5 Å². The third kappa shape index (κ3) is 2.68. The molecule has 106 valence electrons. The molecule has 0 bridgehead atoms. The van der Waals surface area contributed by atoms with Gasteiger partial charge in [0.15, 0.2) is 11.5 Å². The van der Waals surface area contributed by atoms with Crippen molar-refractivity contribution in [1.82, 2.24) is 5.32 Å². The molecular formula is C14H21NO4. The summed E-state index contributed by atoms with van der Waals surface area (Å²) in [6, 6.07) is 3.86. The number of hydrogen-bond donors (Lipinski definition) is 3. The molecule has 0 radical (unpaired) electrons. The van der Waals surface area contributed by atoms with Gasteiger partial charge in [-0.2, -0.15) is 0 Å². The lowest BCUT2D eigenvalue weighted by molar-refractivity contribution is 0.117. The van der Waals surface area contributed by atoms with Gasteiger partial charge in [0.05, 0.1) is 14.2 Å². The predicted octanol–water partition coefficient (Wildman–Crippen LogP) is 0.491. The van der Waals surface area contributed by atoms with Gasteiger partial charge in [-0.25, -0.2) is 0 Å². The van der Waals surface area contributed by atoms with Crippen LogP contribution in [0.25, 0.3) is 0 Å². The first kappa shape index (κ1) is 14.1. The average molecular weight is 267 g/mol. The lowest BCUT2D eigenvalue weighted by Crippen LogP contribution is -2.37.